The molecule has 3 aliphatic heterocycles. The minimum Gasteiger partial charge on any atom is -0.396 e. The normalized spacial score (nSPS) is 31.0. The molecule has 3 N–H and O–H groups in total. The molecule has 3 fully saturated rings. The van der Waals surface area contributed by atoms with Gasteiger partial charge in [-0.1, -0.05) is 43.5 Å². The van der Waals surface area contributed by atoms with Gasteiger partial charge >= 0.3 is 0 Å². The van der Waals surface area contributed by atoms with Crippen LogP contribution in [0.2, 0.25) is 5.02 Å². The molecule has 5 atom stereocenters. The van der Waals surface area contributed by atoms with E-state index >= 15 is 0 Å². The van der Waals surface area contributed by atoms with Gasteiger partial charge in [-0.2, -0.15) is 0 Å². The lowest BCUT2D eigenvalue weighted by atomic mass is 9.66. The van der Waals surface area contributed by atoms with Crippen LogP contribution < -0.4 is 10.6 Å². The number of fused-ring (bicyclic) bond motifs is 1. The lowest BCUT2D eigenvalue weighted by Gasteiger charge is -2.35. The van der Waals surface area contributed by atoms with Crippen molar-refractivity contribution in [3.8, 4) is 0 Å². The van der Waals surface area contributed by atoms with Gasteiger partial charge in [0.25, 0.3) is 0 Å². The molecule has 0 aliphatic carbocycles. The average Bonchev–Trinajstić information content (AvgIpc) is 3.39. The van der Waals surface area contributed by atoms with Gasteiger partial charge in [0, 0.05) is 24.4 Å². The second-order valence-corrected chi connectivity index (χ2v) is 12.5. The quantitative estimate of drug-likeness (QED) is 0.384. The van der Waals surface area contributed by atoms with E-state index in [1.165, 1.54) is 0 Å². The Morgan fingerprint density at radius 2 is 1.91 bits per heavy atom. The number of halogens is 1. The Morgan fingerprint density at radius 3 is 2.63 bits per heavy atom. The molecule has 2 unspecified atom stereocenters. The van der Waals surface area contributed by atoms with Crippen LogP contribution in [0.25, 0.3) is 0 Å². The van der Waals surface area contributed by atoms with Crippen molar-refractivity contribution < 1.29 is 19.5 Å². The molecule has 3 aliphatic rings. The minimum absolute atomic E-state index is 0.0724. The van der Waals surface area contributed by atoms with E-state index in [2.05, 4.69) is 17.6 Å². The number of nitrogens with zero attached hydrogens (tertiary/aromatic N) is 1. The molecular weight excluding hydrogens is 486 g/mol. The number of carbonyl (C=O) groups excluding carboxylic acids is 3. The molecule has 192 valence electrons. The van der Waals surface area contributed by atoms with E-state index in [4.69, 9.17) is 16.7 Å². The topological polar surface area (TPSA) is 98.7 Å². The maximum Gasteiger partial charge on any atom is 0.248 e. The summed E-state index contributed by atoms with van der Waals surface area (Å²) in [6.45, 7) is 5.28. The van der Waals surface area contributed by atoms with Crippen molar-refractivity contribution in [3.63, 3.8) is 0 Å². The van der Waals surface area contributed by atoms with E-state index in [-0.39, 0.29) is 29.1 Å². The van der Waals surface area contributed by atoms with Gasteiger partial charge < -0.3 is 20.6 Å². The van der Waals surface area contributed by atoms with Crippen molar-refractivity contribution in [2.75, 3.05) is 25.0 Å². The Bertz CT molecular complexity index is 978. The Kier molecular flexibility index (Phi) is 8.03. The molecule has 1 aromatic rings. The summed E-state index contributed by atoms with van der Waals surface area (Å²) in [7, 11) is 0. The number of hydrogen-bond donors (Lipinski definition) is 3. The van der Waals surface area contributed by atoms with E-state index in [0.29, 0.717) is 23.8 Å². The van der Waals surface area contributed by atoms with Crippen LogP contribution in [0.3, 0.4) is 0 Å². The predicted octanol–water partition coefficient (Wildman–Crippen LogP) is 3.84. The third-order valence-corrected chi connectivity index (χ3v) is 10.1. The first-order chi connectivity index (χ1) is 16.8. The maximum absolute atomic E-state index is 13.9. The molecule has 4 rings (SSSR count). The van der Waals surface area contributed by atoms with Gasteiger partial charge in [0.05, 0.1) is 27.3 Å². The van der Waals surface area contributed by atoms with Gasteiger partial charge in [0.15, 0.2) is 0 Å². The van der Waals surface area contributed by atoms with Crippen LogP contribution in [-0.4, -0.2) is 63.0 Å². The molecule has 3 saturated heterocycles. The van der Waals surface area contributed by atoms with E-state index in [1.807, 2.05) is 13.0 Å². The molecule has 35 heavy (non-hydrogen) atoms. The summed E-state index contributed by atoms with van der Waals surface area (Å²) < 4.78 is -0.995. The first kappa shape index (κ1) is 26.3. The van der Waals surface area contributed by atoms with Crippen LogP contribution in [0.4, 0.5) is 5.69 Å². The zero-order valence-corrected chi connectivity index (χ0v) is 22.1. The number of thioether (sulfide) groups is 1. The van der Waals surface area contributed by atoms with E-state index in [1.54, 1.807) is 34.9 Å². The summed E-state index contributed by atoms with van der Waals surface area (Å²) in [4.78, 5) is 42.8. The molecule has 7 nitrogen and oxygen atoms in total. The summed E-state index contributed by atoms with van der Waals surface area (Å²) >= 11 is 8.00. The molecule has 9 heteroatoms. The molecule has 0 aromatic heterocycles. The molecule has 0 saturated carbocycles. The van der Waals surface area contributed by atoms with E-state index < -0.39 is 22.6 Å². The molecule has 1 aromatic carbocycles. The molecule has 3 amide bonds. The fraction of sp³-hybridized carbons (Fsp3) is 0.654. The second kappa shape index (κ2) is 10.7. The highest BCUT2D eigenvalue weighted by Gasteiger charge is 2.76. The number of anilines is 1. The summed E-state index contributed by atoms with van der Waals surface area (Å²) in [5.74, 6) is -1.36. The van der Waals surface area contributed by atoms with Crippen molar-refractivity contribution in [3.05, 3.63) is 29.3 Å². The highest BCUT2D eigenvalue weighted by molar-refractivity contribution is 8.02. The maximum atomic E-state index is 13.9. The van der Waals surface area contributed by atoms with E-state index in [0.717, 1.165) is 44.9 Å². The van der Waals surface area contributed by atoms with Gasteiger partial charge in [0.1, 0.15) is 6.04 Å². The lowest BCUT2D eigenvalue weighted by Crippen LogP contribution is -2.52. The fourth-order valence-electron chi connectivity index (χ4n) is 6.24. The average molecular weight is 522 g/mol. The smallest absolute Gasteiger partial charge is 0.248 e. The van der Waals surface area contributed by atoms with Crippen LogP contribution in [-0.2, 0) is 14.4 Å². The Hall–Kier alpha value is -1.77. The molecule has 2 bridgehead atoms. The van der Waals surface area contributed by atoms with Crippen LogP contribution in [0.1, 0.15) is 58.8 Å². The van der Waals surface area contributed by atoms with Crippen LogP contribution in [0.15, 0.2) is 24.3 Å². The van der Waals surface area contributed by atoms with Crippen molar-refractivity contribution >= 4 is 46.8 Å². The van der Waals surface area contributed by atoms with E-state index in [9.17, 15) is 14.4 Å². The van der Waals surface area contributed by atoms with Crippen molar-refractivity contribution in [2.24, 2.45) is 11.8 Å². The number of carbonyl (C=O) groups is 3. The zero-order valence-electron chi connectivity index (χ0n) is 20.5. The number of rotatable bonds is 11. The summed E-state index contributed by atoms with van der Waals surface area (Å²) in [6.07, 6.45) is 5.57. The molecule has 3 heterocycles. The molecular formula is C26H36ClN3O4S. The Labute approximate surface area is 216 Å². The number of unbranched alkanes of at least 4 members (excludes halogenated alkanes) is 3. The SMILES string of the molecule is CCCNC(=O)[C@@H]1[C@H]2C(=O)N(CCCCCCO)C(C(=O)Nc3ccccc3Cl)C23CC[C@@]1(C)S3. The van der Waals surface area contributed by atoms with Crippen molar-refractivity contribution in [1.29, 1.82) is 0 Å². The summed E-state index contributed by atoms with van der Waals surface area (Å²) in [5, 5.41) is 15.5. The standard InChI is InChI=1S/C26H36ClN3O4S/c1-3-14-28-22(32)19-20-24(34)30(15-8-4-5-9-16-31)21(26(20)13-12-25(19,2)35-26)23(33)29-18-11-7-6-10-17(18)27/h6-7,10-11,19-21,31H,3-5,8-9,12-16H2,1-2H3,(H,28,32)(H,29,33)/t19-,20-,21?,25+,26?/m0/s1. The molecule has 1 spiro atoms. The minimum atomic E-state index is -0.662. The fourth-order valence-corrected chi connectivity index (χ4v) is 8.78. The number of amides is 3. The van der Waals surface area contributed by atoms with Gasteiger partial charge in [0.2, 0.25) is 17.7 Å². The third-order valence-electron chi connectivity index (χ3n) is 7.80. The summed E-state index contributed by atoms with van der Waals surface area (Å²) in [6, 6.07) is 6.44. The highest BCUT2D eigenvalue weighted by Crippen LogP contribution is 2.71. The number of aliphatic hydroxyl groups is 1. The molecule has 0 radical (unpaired) electrons. The third kappa shape index (κ3) is 4.69. The van der Waals surface area contributed by atoms with Crippen LogP contribution >= 0.6 is 23.4 Å². The monoisotopic (exact) mass is 521 g/mol. The van der Waals surface area contributed by atoms with Gasteiger partial charge in [-0.05, 0) is 51.2 Å². The first-order valence-corrected chi connectivity index (χ1v) is 13.9. The van der Waals surface area contributed by atoms with Crippen LogP contribution in [0.5, 0.6) is 0 Å². The second-order valence-electron chi connectivity index (χ2n) is 10.2. The number of para-hydroxylation sites is 1. The van der Waals surface area contributed by atoms with Gasteiger partial charge in [-0.3, -0.25) is 14.4 Å². The highest BCUT2D eigenvalue weighted by atomic mass is 35.5. The number of hydrogen-bond acceptors (Lipinski definition) is 5. The Balaban J connectivity index is 1.65. The summed E-state index contributed by atoms with van der Waals surface area (Å²) in [5.41, 5.74) is 0.523. The van der Waals surface area contributed by atoms with Crippen molar-refractivity contribution in [1.82, 2.24) is 10.2 Å². The first-order valence-electron chi connectivity index (χ1n) is 12.7. The van der Waals surface area contributed by atoms with Gasteiger partial charge in [-0.15, -0.1) is 11.8 Å². The lowest BCUT2D eigenvalue weighted by molar-refractivity contribution is -0.140. The van der Waals surface area contributed by atoms with Crippen molar-refractivity contribution in [2.45, 2.75) is 74.3 Å². The largest absolute Gasteiger partial charge is 0.396 e. The van der Waals surface area contributed by atoms with Crippen LogP contribution in [0, 0.1) is 11.8 Å². The zero-order chi connectivity index (χ0) is 25.2. The van der Waals surface area contributed by atoms with Gasteiger partial charge in [-0.25, -0.2) is 0 Å². The predicted molar refractivity (Wildman–Crippen MR) is 139 cm³/mol. The number of aliphatic hydroxyl groups excluding tert-OH is 1. The number of likely N-dealkylation sites (tertiary alicyclic amines) is 1. The number of benzene rings is 1. The number of nitrogens with one attached hydrogen (secondary N) is 2. The Morgan fingerprint density at radius 1 is 1.17 bits per heavy atom.